The number of hydrogen-bond donors (Lipinski definition) is 0. The van der Waals surface area contributed by atoms with Crippen molar-refractivity contribution < 1.29 is 104 Å². The number of furan rings is 2. The molecule has 24 rings (SSSR count). The number of nitrogens with zero attached hydrogens (tertiary/aromatic N) is 16. The van der Waals surface area contributed by atoms with Crippen molar-refractivity contribution >= 4 is 123 Å². The zero-order valence-electron chi connectivity index (χ0n) is 68.8. The maximum absolute atomic E-state index is 5.85. The van der Waals surface area contributed by atoms with Gasteiger partial charge in [0.05, 0.1) is 28.4 Å². The quantitative estimate of drug-likeness (QED) is 0.0475. The molecule has 0 atom stereocenters. The minimum Gasteiger partial charge on any atom is -0.536 e. The predicted molar refractivity (Wildman–Crippen MR) is 492 cm³/mol. The molecule has 0 saturated carbocycles. The Morgan fingerprint density at radius 1 is 0.485 bits per heavy atom. The van der Waals surface area contributed by atoms with Gasteiger partial charge in [-0.15, -0.1) is 173 Å². The van der Waals surface area contributed by atoms with Gasteiger partial charge in [0, 0.05) is 117 Å². The summed E-state index contributed by atoms with van der Waals surface area (Å²) < 4.78 is 34.2. The Kier molecular flexibility index (Phi) is 26.6. The fourth-order valence-corrected chi connectivity index (χ4v) is 16.2. The molecule has 0 spiro atoms. The molecule has 0 unspecified atom stereocenters. The van der Waals surface area contributed by atoms with Crippen LogP contribution in [0.3, 0.4) is 0 Å². The van der Waals surface area contributed by atoms with Crippen molar-refractivity contribution in [2.75, 3.05) is 16.3 Å². The molecular formula is C105H68N16O4Pd4S-2. The van der Waals surface area contributed by atoms with E-state index in [2.05, 4.69) is 233 Å². The number of rotatable bonds is 17. The molecule has 14 aromatic heterocycles. The number of pyridine rings is 3. The van der Waals surface area contributed by atoms with Gasteiger partial charge in [0.2, 0.25) is 0 Å². The van der Waals surface area contributed by atoms with Gasteiger partial charge < -0.3 is 65.3 Å². The molecule has 0 N–H and O–H groups in total. The maximum atomic E-state index is 5.85. The van der Waals surface area contributed by atoms with Crippen LogP contribution in [0.5, 0.6) is 0 Å². The van der Waals surface area contributed by atoms with Crippen molar-refractivity contribution in [1.29, 1.82) is 0 Å². The van der Waals surface area contributed by atoms with E-state index < -0.39 is 0 Å². The zero-order valence-corrected chi connectivity index (χ0v) is 75.8. The Balaban J connectivity index is 0.000000121. The first kappa shape index (κ1) is 87.7. The van der Waals surface area contributed by atoms with Crippen molar-refractivity contribution in [3.8, 4) is 79.0 Å². The Morgan fingerprint density at radius 3 is 1.94 bits per heavy atom. The van der Waals surface area contributed by atoms with Gasteiger partial charge in [0.15, 0.2) is 12.8 Å². The van der Waals surface area contributed by atoms with Crippen LogP contribution in [0.25, 0.3) is 163 Å². The third-order valence-electron chi connectivity index (χ3n) is 21.5. The summed E-state index contributed by atoms with van der Waals surface area (Å²) in [5.41, 5.74) is 28.6. The molecule has 0 aliphatic rings. The molecule has 20 nitrogen and oxygen atoms in total. The van der Waals surface area contributed by atoms with Crippen molar-refractivity contribution in [3.63, 3.8) is 0 Å². The summed E-state index contributed by atoms with van der Waals surface area (Å²) in [5, 5.41) is 9.64. The van der Waals surface area contributed by atoms with Crippen molar-refractivity contribution in [2.45, 2.75) is 0 Å². The van der Waals surface area contributed by atoms with Gasteiger partial charge >= 0.3 is 61.3 Å². The van der Waals surface area contributed by atoms with Crippen LogP contribution in [0.1, 0.15) is 5.56 Å². The van der Waals surface area contributed by atoms with Gasteiger partial charge in [-0.05, 0) is 148 Å². The molecule has 640 valence electrons. The number of hydrogen-bond acceptors (Lipinski definition) is 14. The molecule has 24 aromatic rings. The maximum Gasteiger partial charge on any atom is 2.00 e. The number of imidazole rings is 1. The van der Waals surface area contributed by atoms with E-state index in [9.17, 15) is 0 Å². The third-order valence-corrected chi connectivity index (χ3v) is 22.1. The summed E-state index contributed by atoms with van der Waals surface area (Å²) in [4.78, 5) is 35.4. The summed E-state index contributed by atoms with van der Waals surface area (Å²) in [6.07, 6.45) is 26.8. The predicted octanol–water partition coefficient (Wildman–Crippen LogP) is 23.4. The molecular weight excluding hydrogens is 2010 g/mol. The van der Waals surface area contributed by atoms with Gasteiger partial charge in [-0.25, -0.2) is 26.0 Å². The van der Waals surface area contributed by atoms with Crippen LogP contribution in [-0.2, 0) is 95.8 Å². The van der Waals surface area contributed by atoms with Crippen LogP contribution < -0.4 is 19.4 Å². The average molecular weight is 2080 g/mol. The van der Waals surface area contributed by atoms with Crippen LogP contribution in [-0.4, -0.2) is 64.5 Å². The first-order chi connectivity index (χ1) is 62.3. The largest absolute Gasteiger partial charge is 2.00 e. The van der Waals surface area contributed by atoms with Gasteiger partial charge in [0.1, 0.15) is 16.9 Å². The SMILES string of the molecule is Cn1cc(-c2[c-]c(N(C[C-]=Cc3coc4ocnc34)c3ccccc3)ccc2)c2[n-]c[n+](C)c21.[Pd+2].[Pd+2].[Pd+2].[Pd].[c-]1c(-c2cccc3ocnc23)cccc1N(c1[c-]c(-n2ccc3cccnc32)ccc1)c1ccccc1.[c-]1c(-c2ccccn2)cccc1-n1c2[c-]c(-c3ccccn3)ccc2c2ccccc21.[c-]1c(-n2cccn2)cccc1-n1ccc2oc(-c3cscn3)[c-]c21. The van der Waals surface area contributed by atoms with E-state index in [1.807, 2.05) is 236 Å². The first-order valence-corrected chi connectivity index (χ1v) is 41.3. The topological polar surface area (TPSA) is 192 Å². The van der Waals surface area contributed by atoms with E-state index in [1.165, 1.54) is 29.5 Å². The second-order valence-electron chi connectivity index (χ2n) is 29.3. The summed E-state index contributed by atoms with van der Waals surface area (Å²) >= 11 is 1.53. The molecule has 0 bridgehead atoms. The van der Waals surface area contributed by atoms with E-state index in [0.29, 0.717) is 23.6 Å². The molecule has 14 heterocycles. The Labute approximate surface area is 805 Å². The minimum atomic E-state index is 0. The fourth-order valence-electron chi connectivity index (χ4n) is 15.7. The normalized spacial score (nSPS) is 11.1. The monoisotopic (exact) mass is 2070 g/mol. The van der Waals surface area contributed by atoms with E-state index in [4.69, 9.17) is 17.7 Å². The molecule has 0 amide bonds. The van der Waals surface area contributed by atoms with Gasteiger partial charge in [0.25, 0.3) is 5.78 Å². The fraction of sp³-hybridized carbons (Fsp3) is 0.0286. The number of fused-ring (bicyclic) bond motifs is 8. The Morgan fingerprint density at radius 2 is 1.15 bits per heavy atom. The number of aromatic nitrogens is 14. The van der Waals surface area contributed by atoms with Crippen LogP contribution in [0, 0.1) is 48.5 Å². The first-order valence-electron chi connectivity index (χ1n) is 40.4. The van der Waals surface area contributed by atoms with Crippen LogP contribution in [0.4, 0.5) is 28.4 Å². The second-order valence-corrected chi connectivity index (χ2v) is 30.0. The molecule has 0 aliphatic carbocycles. The number of para-hydroxylation sites is 4. The smallest absolute Gasteiger partial charge is 0.536 e. The average Bonchev–Trinajstić information content (AvgIpc) is 1.59. The summed E-state index contributed by atoms with van der Waals surface area (Å²) in [5.74, 6) is 1.07. The molecule has 0 radical (unpaired) electrons. The molecule has 25 heteroatoms. The van der Waals surface area contributed by atoms with Crippen molar-refractivity contribution in [1.82, 2.24) is 62.9 Å². The van der Waals surface area contributed by atoms with E-state index in [-0.39, 0.29) is 81.7 Å². The number of anilines is 5. The molecule has 0 saturated heterocycles. The van der Waals surface area contributed by atoms with Crippen LogP contribution in [0.15, 0.2) is 376 Å². The summed E-state index contributed by atoms with van der Waals surface area (Å²) in [6.45, 7) is 0.516. The number of thiazole rings is 1. The molecule has 10 aromatic carbocycles. The Hall–Kier alpha value is -14.4. The van der Waals surface area contributed by atoms with Crippen molar-refractivity contribution in [3.05, 3.63) is 413 Å². The van der Waals surface area contributed by atoms with E-state index in [0.717, 1.165) is 168 Å². The minimum absolute atomic E-state index is 0. The number of benzene rings is 10. The van der Waals surface area contributed by atoms with Crippen LogP contribution in [0.2, 0.25) is 0 Å². The van der Waals surface area contributed by atoms with Gasteiger partial charge in [-0.3, -0.25) is 10.8 Å². The van der Waals surface area contributed by atoms with E-state index >= 15 is 0 Å². The Bertz CT molecular complexity index is 7980. The van der Waals surface area contributed by atoms with Crippen molar-refractivity contribution in [2.24, 2.45) is 14.1 Å². The summed E-state index contributed by atoms with van der Waals surface area (Å²) in [7, 11) is 4.04. The standard InChI is InChI=1S/C32H20N4O.C28H17N3.C27H21N5O2.C18H10N4OS.4Pd/c1-2-10-25(11-3-1)36(27-13-4-8-24(20-27)29-15-6-16-30-31(29)34-22-37-30)28-14-5-12-26(21-28)35-19-17-23-9-7-18-33-32(23)35;1-2-13-27-23(10-1)24-15-14-21(26-12-4-6-17-30-26)19-28(24)31(27)22-9-7-8-20(18-22)25-11-3-5-16-29-25;1-30-15-23(25-26(30)31(2)17-28-25)19-8-6-12-22(14-19)32(21-10-4-3-5-11-21)13-7-9-20-16-33-27-24(20)29-18-34-27;1-3-13(9-14(4-1)22-7-2-6-20-22)21-8-5-17-16(21)10-18(23-17)15-11-24-12-19-15;;;;/h1-19,22H;1-17H;3-6,8-12,15-18H,13H2,1-2H3;1-8,11-12H;;;;/q4*-2;;3*+2. The molecule has 130 heavy (non-hydrogen) atoms. The summed E-state index contributed by atoms with van der Waals surface area (Å²) in [6, 6.07) is 116. The van der Waals surface area contributed by atoms with E-state index in [1.54, 1.807) is 22.7 Å². The van der Waals surface area contributed by atoms with Crippen LogP contribution >= 0.6 is 11.3 Å². The van der Waals surface area contributed by atoms with Gasteiger partial charge in [-0.1, -0.05) is 131 Å². The molecule has 0 fully saturated rings. The number of aryl methyl sites for hydroxylation is 2. The second kappa shape index (κ2) is 39.5. The number of oxazole rings is 2. The third kappa shape index (κ3) is 17.8. The van der Waals surface area contributed by atoms with Gasteiger partial charge in [-0.2, -0.15) is 17.2 Å². The molecule has 0 aliphatic heterocycles. The zero-order chi connectivity index (χ0) is 84.2.